The van der Waals surface area contributed by atoms with Gasteiger partial charge in [0.15, 0.2) is 0 Å². The summed E-state index contributed by atoms with van der Waals surface area (Å²) in [6.45, 7) is 2.07. The normalized spacial score (nSPS) is 9.83. The highest BCUT2D eigenvalue weighted by Gasteiger charge is 2.14. The molecule has 2 rings (SSSR count). The third-order valence-corrected chi connectivity index (χ3v) is 2.22. The highest BCUT2D eigenvalue weighted by atomic mass is 16.5. The van der Waals surface area contributed by atoms with Gasteiger partial charge in [-0.25, -0.2) is 9.78 Å². The Bertz CT molecular complexity index is 526. The number of aromatic nitrogens is 1. The number of ether oxygens (including phenoxy) is 2. The first-order valence-electron chi connectivity index (χ1n) is 5.66. The molecule has 2 aromatic rings. The zero-order valence-electron chi connectivity index (χ0n) is 10.00. The maximum atomic E-state index is 11.7. The molecule has 4 nitrogen and oxygen atoms in total. The van der Waals surface area contributed by atoms with Crippen molar-refractivity contribution in [3.8, 4) is 11.6 Å². The minimum Gasteiger partial charge on any atom is -0.462 e. The van der Waals surface area contributed by atoms with Gasteiger partial charge in [0.25, 0.3) is 0 Å². The Hall–Kier alpha value is -2.36. The van der Waals surface area contributed by atoms with Gasteiger partial charge in [0, 0.05) is 6.20 Å². The van der Waals surface area contributed by atoms with Gasteiger partial charge in [-0.05, 0) is 31.2 Å². The molecule has 0 saturated carbocycles. The fraction of sp³-hybridized carbons (Fsp3) is 0.143. The smallest absolute Gasteiger partial charge is 0.343 e. The van der Waals surface area contributed by atoms with Gasteiger partial charge in [-0.3, -0.25) is 0 Å². The van der Waals surface area contributed by atoms with Crippen LogP contribution in [0.15, 0.2) is 48.7 Å². The third kappa shape index (κ3) is 2.85. The van der Waals surface area contributed by atoms with Crippen molar-refractivity contribution < 1.29 is 14.3 Å². The molecule has 0 amide bonds. The molecule has 0 unspecified atom stereocenters. The van der Waals surface area contributed by atoms with Crippen LogP contribution in [0.2, 0.25) is 0 Å². The Morgan fingerprint density at radius 1 is 1.17 bits per heavy atom. The van der Waals surface area contributed by atoms with Crippen LogP contribution in [0.25, 0.3) is 0 Å². The van der Waals surface area contributed by atoms with Crippen LogP contribution >= 0.6 is 0 Å². The number of carbonyl (C=O) groups is 1. The van der Waals surface area contributed by atoms with E-state index in [1.165, 1.54) is 0 Å². The average Bonchev–Trinajstić information content (AvgIpc) is 2.41. The lowest BCUT2D eigenvalue weighted by molar-refractivity contribution is 0.0522. The summed E-state index contributed by atoms with van der Waals surface area (Å²) in [5.41, 5.74) is 0.322. The van der Waals surface area contributed by atoms with Crippen molar-refractivity contribution in [1.82, 2.24) is 4.98 Å². The van der Waals surface area contributed by atoms with E-state index in [-0.39, 0.29) is 5.88 Å². The second kappa shape index (κ2) is 5.82. The monoisotopic (exact) mass is 243 g/mol. The minimum atomic E-state index is -0.434. The van der Waals surface area contributed by atoms with Gasteiger partial charge in [0.2, 0.25) is 5.88 Å². The van der Waals surface area contributed by atoms with Gasteiger partial charge in [-0.1, -0.05) is 18.2 Å². The summed E-state index contributed by atoms with van der Waals surface area (Å²) < 4.78 is 10.5. The van der Waals surface area contributed by atoms with Crippen LogP contribution in [0, 0.1) is 0 Å². The summed E-state index contributed by atoms with van der Waals surface area (Å²) in [5.74, 6) is 0.445. The van der Waals surface area contributed by atoms with Gasteiger partial charge in [-0.15, -0.1) is 0 Å². The summed E-state index contributed by atoms with van der Waals surface area (Å²) in [6, 6.07) is 12.5. The lowest BCUT2D eigenvalue weighted by Crippen LogP contribution is -2.07. The van der Waals surface area contributed by atoms with Crippen molar-refractivity contribution in [1.29, 1.82) is 0 Å². The van der Waals surface area contributed by atoms with E-state index in [1.54, 1.807) is 37.4 Å². The van der Waals surface area contributed by atoms with Gasteiger partial charge >= 0.3 is 5.97 Å². The molecular weight excluding hydrogens is 230 g/mol. The van der Waals surface area contributed by atoms with E-state index in [1.807, 2.05) is 18.2 Å². The molecule has 0 aliphatic rings. The predicted octanol–water partition coefficient (Wildman–Crippen LogP) is 3.05. The van der Waals surface area contributed by atoms with Gasteiger partial charge in [0.1, 0.15) is 11.3 Å². The van der Waals surface area contributed by atoms with Crippen LogP contribution in [0.4, 0.5) is 0 Å². The molecule has 0 aliphatic heterocycles. The van der Waals surface area contributed by atoms with Crippen LogP contribution in [0.5, 0.6) is 11.6 Å². The van der Waals surface area contributed by atoms with Crippen LogP contribution in [-0.4, -0.2) is 17.6 Å². The number of pyridine rings is 1. The Balaban J connectivity index is 2.25. The van der Waals surface area contributed by atoms with Crippen molar-refractivity contribution in [2.45, 2.75) is 6.92 Å². The van der Waals surface area contributed by atoms with Gasteiger partial charge < -0.3 is 9.47 Å². The van der Waals surface area contributed by atoms with Crippen LogP contribution < -0.4 is 4.74 Å². The number of esters is 1. The standard InChI is InChI=1S/C14H13NO3/c1-2-17-14(16)12-9-6-10-15-13(12)18-11-7-4-3-5-8-11/h3-10H,2H2,1H3. The molecule has 0 bridgehead atoms. The van der Waals surface area contributed by atoms with Crippen molar-refractivity contribution in [2.75, 3.05) is 6.61 Å². The average molecular weight is 243 g/mol. The van der Waals surface area contributed by atoms with E-state index >= 15 is 0 Å². The fourth-order valence-electron chi connectivity index (χ4n) is 1.44. The highest BCUT2D eigenvalue weighted by molar-refractivity contribution is 5.91. The molecule has 1 heterocycles. The Morgan fingerprint density at radius 3 is 2.67 bits per heavy atom. The molecular formula is C14H13NO3. The third-order valence-electron chi connectivity index (χ3n) is 2.22. The number of rotatable bonds is 4. The van der Waals surface area contributed by atoms with E-state index in [9.17, 15) is 4.79 Å². The van der Waals surface area contributed by atoms with Crippen LogP contribution in [-0.2, 0) is 4.74 Å². The van der Waals surface area contributed by atoms with Gasteiger partial charge in [-0.2, -0.15) is 0 Å². The van der Waals surface area contributed by atoms with E-state index in [2.05, 4.69) is 4.98 Å². The van der Waals surface area contributed by atoms with E-state index in [4.69, 9.17) is 9.47 Å². The summed E-state index contributed by atoms with van der Waals surface area (Å²) >= 11 is 0. The first kappa shape index (κ1) is 12.1. The van der Waals surface area contributed by atoms with Crippen molar-refractivity contribution in [3.63, 3.8) is 0 Å². The number of nitrogens with zero attached hydrogens (tertiary/aromatic N) is 1. The molecule has 0 aliphatic carbocycles. The van der Waals surface area contributed by atoms with E-state index < -0.39 is 5.97 Å². The molecule has 18 heavy (non-hydrogen) atoms. The molecule has 1 aromatic carbocycles. The second-order valence-corrected chi connectivity index (χ2v) is 3.49. The predicted molar refractivity (Wildman–Crippen MR) is 66.7 cm³/mol. The summed E-state index contributed by atoms with van der Waals surface area (Å²) in [7, 11) is 0. The summed E-state index contributed by atoms with van der Waals surface area (Å²) in [6.07, 6.45) is 1.57. The van der Waals surface area contributed by atoms with Crippen LogP contribution in [0.3, 0.4) is 0 Å². The number of benzene rings is 1. The molecule has 0 N–H and O–H groups in total. The highest BCUT2D eigenvalue weighted by Crippen LogP contribution is 2.22. The molecule has 0 radical (unpaired) electrons. The Kier molecular flexibility index (Phi) is 3.91. The Morgan fingerprint density at radius 2 is 1.94 bits per heavy atom. The van der Waals surface area contributed by atoms with E-state index in [0.717, 1.165) is 0 Å². The zero-order valence-corrected chi connectivity index (χ0v) is 10.00. The molecule has 0 fully saturated rings. The van der Waals surface area contributed by atoms with Crippen LogP contribution in [0.1, 0.15) is 17.3 Å². The summed E-state index contributed by atoms with van der Waals surface area (Å²) in [5, 5.41) is 0. The molecule has 92 valence electrons. The molecule has 4 heteroatoms. The molecule has 0 atom stereocenters. The van der Waals surface area contributed by atoms with Crippen molar-refractivity contribution >= 4 is 5.97 Å². The largest absolute Gasteiger partial charge is 0.462 e. The maximum Gasteiger partial charge on any atom is 0.343 e. The second-order valence-electron chi connectivity index (χ2n) is 3.49. The zero-order chi connectivity index (χ0) is 12.8. The number of hydrogen-bond donors (Lipinski definition) is 0. The minimum absolute atomic E-state index is 0.252. The van der Waals surface area contributed by atoms with Crippen molar-refractivity contribution in [2.24, 2.45) is 0 Å². The lowest BCUT2D eigenvalue weighted by atomic mass is 10.2. The fourth-order valence-corrected chi connectivity index (χ4v) is 1.44. The van der Waals surface area contributed by atoms with Crippen molar-refractivity contribution in [3.05, 3.63) is 54.2 Å². The number of carbonyl (C=O) groups excluding carboxylic acids is 1. The topological polar surface area (TPSA) is 48.4 Å². The quantitative estimate of drug-likeness (QED) is 0.774. The Labute approximate surface area is 105 Å². The van der Waals surface area contributed by atoms with Gasteiger partial charge in [0.05, 0.1) is 6.61 Å². The van der Waals surface area contributed by atoms with E-state index in [0.29, 0.717) is 17.9 Å². The molecule has 0 spiro atoms. The summed E-state index contributed by atoms with van der Waals surface area (Å²) in [4.78, 5) is 15.8. The lowest BCUT2D eigenvalue weighted by Gasteiger charge is -2.08. The SMILES string of the molecule is CCOC(=O)c1cccnc1Oc1ccccc1. The first-order chi connectivity index (χ1) is 8.81. The molecule has 0 saturated heterocycles. The maximum absolute atomic E-state index is 11.7. The number of para-hydroxylation sites is 1. The first-order valence-corrected chi connectivity index (χ1v) is 5.66. The molecule has 1 aromatic heterocycles. The number of hydrogen-bond acceptors (Lipinski definition) is 4.